The highest BCUT2D eigenvalue weighted by Crippen LogP contribution is 2.28. The van der Waals surface area contributed by atoms with Gasteiger partial charge in [0.15, 0.2) is 0 Å². The molecule has 1 amide bonds. The summed E-state index contributed by atoms with van der Waals surface area (Å²) in [4.78, 5) is 24.3. The SMILES string of the molecule is C[C@H]1CC[C@@H](CC(=O)O)N1C(=O)OC(C)(C)C. The second-order valence-corrected chi connectivity index (χ2v) is 5.57. The van der Waals surface area contributed by atoms with Gasteiger partial charge in [0.1, 0.15) is 5.60 Å². The van der Waals surface area contributed by atoms with E-state index >= 15 is 0 Å². The first-order chi connectivity index (χ1) is 7.70. The van der Waals surface area contributed by atoms with Gasteiger partial charge in [-0.1, -0.05) is 0 Å². The van der Waals surface area contributed by atoms with Crippen LogP contribution >= 0.6 is 0 Å². The van der Waals surface area contributed by atoms with Crippen molar-refractivity contribution in [2.75, 3.05) is 0 Å². The Morgan fingerprint density at radius 3 is 2.41 bits per heavy atom. The van der Waals surface area contributed by atoms with Gasteiger partial charge in [-0.05, 0) is 40.5 Å². The molecule has 0 spiro atoms. The maximum absolute atomic E-state index is 12.0. The molecule has 5 heteroatoms. The Kier molecular flexibility index (Phi) is 4.01. The van der Waals surface area contributed by atoms with Gasteiger partial charge < -0.3 is 14.7 Å². The van der Waals surface area contributed by atoms with E-state index in [0.29, 0.717) is 0 Å². The van der Waals surface area contributed by atoms with Crippen LogP contribution in [0.15, 0.2) is 0 Å². The zero-order chi connectivity index (χ0) is 13.2. The molecular weight excluding hydrogens is 222 g/mol. The zero-order valence-electron chi connectivity index (χ0n) is 10.9. The molecule has 1 aliphatic heterocycles. The van der Waals surface area contributed by atoms with E-state index in [1.54, 1.807) is 25.7 Å². The van der Waals surface area contributed by atoms with Gasteiger partial charge in [0.05, 0.1) is 6.42 Å². The van der Waals surface area contributed by atoms with Crippen LogP contribution < -0.4 is 0 Å². The lowest BCUT2D eigenvalue weighted by Crippen LogP contribution is -2.43. The number of ether oxygens (including phenoxy) is 1. The number of carboxylic acids is 1. The molecule has 1 N–H and O–H groups in total. The number of hydrogen-bond acceptors (Lipinski definition) is 3. The summed E-state index contributed by atoms with van der Waals surface area (Å²) in [6, 6.07) is -0.188. The molecule has 2 atom stereocenters. The molecule has 0 radical (unpaired) electrons. The largest absolute Gasteiger partial charge is 0.481 e. The maximum atomic E-state index is 12.0. The molecule has 0 aliphatic carbocycles. The fourth-order valence-electron chi connectivity index (χ4n) is 2.12. The van der Waals surface area contributed by atoms with Crippen molar-refractivity contribution < 1.29 is 19.4 Å². The Bertz CT molecular complexity index is 308. The van der Waals surface area contributed by atoms with Crippen molar-refractivity contribution in [3.05, 3.63) is 0 Å². The van der Waals surface area contributed by atoms with Crippen LogP contribution in [-0.4, -0.2) is 39.8 Å². The van der Waals surface area contributed by atoms with E-state index in [4.69, 9.17) is 9.84 Å². The van der Waals surface area contributed by atoms with Gasteiger partial charge in [-0.25, -0.2) is 4.79 Å². The van der Waals surface area contributed by atoms with E-state index < -0.39 is 17.7 Å². The van der Waals surface area contributed by atoms with Crippen molar-refractivity contribution in [1.82, 2.24) is 4.90 Å². The number of carbonyl (C=O) groups excluding carboxylic acids is 1. The second-order valence-electron chi connectivity index (χ2n) is 5.57. The smallest absolute Gasteiger partial charge is 0.410 e. The fraction of sp³-hybridized carbons (Fsp3) is 0.833. The van der Waals surface area contributed by atoms with Crippen LogP contribution in [0.1, 0.15) is 47.0 Å². The Labute approximate surface area is 102 Å². The number of rotatable bonds is 2. The lowest BCUT2D eigenvalue weighted by Gasteiger charge is -2.30. The van der Waals surface area contributed by atoms with Gasteiger partial charge in [0.2, 0.25) is 0 Å². The predicted molar refractivity (Wildman–Crippen MR) is 62.8 cm³/mol. The average Bonchev–Trinajstić information content (AvgIpc) is 2.42. The molecule has 0 bridgehead atoms. The average molecular weight is 243 g/mol. The lowest BCUT2D eigenvalue weighted by molar-refractivity contribution is -0.138. The number of likely N-dealkylation sites (tertiary alicyclic amines) is 1. The van der Waals surface area contributed by atoms with Crippen LogP contribution in [0.5, 0.6) is 0 Å². The van der Waals surface area contributed by atoms with Gasteiger partial charge >= 0.3 is 12.1 Å². The van der Waals surface area contributed by atoms with Crippen molar-refractivity contribution in [1.29, 1.82) is 0 Å². The molecule has 1 saturated heterocycles. The highest BCUT2D eigenvalue weighted by atomic mass is 16.6. The molecule has 1 rings (SSSR count). The minimum Gasteiger partial charge on any atom is -0.481 e. The summed E-state index contributed by atoms with van der Waals surface area (Å²) in [5.74, 6) is -0.877. The number of hydrogen-bond donors (Lipinski definition) is 1. The number of aliphatic carboxylic acids is 1. The summed E-state index contributed by atoms with van der Waals surface area (Å²) < 4.78 is 5.30. The van der Waals surface area contributed by atoms with E-state index in [2.05, 4.69) is 0 Å². The molecule has 1 heterocycles. The topological polar surface area (TPSA) is 66.8 Å². The van der Waals surface area contributed by atoms with Crippen molar-refractivity contribution in [3.8, 4) is 0 Å². The molecule has 0 aromatic carbocycles. The third kappa shape index (κ3) is 3.91. The van der Waals surface area contributed by atoms with Gasteiger partial charge in [-0.15, -0.1) is 0 Å². The van der Waals surface area contributed by atoms with Gasteiger partial charge in [-0.2, -0.15) is 0 Å². The first-order valence-electron chi connectivity index (χ1n) is 5.94. The molecule has 1 aliphatic rings. The molecule has 5 nitrogen and oxygen atoms in total. The van der Waals surface area contributed by atoms with E-state index in [9.17, 15) is 9.59 Å². The minimum absolute atomic E-state index is 0.0103. The Hall–Kier alpha value is -1.26. The first-order valence-corrected chi connectivity index (χ1v) is 5.94. The van der Waals surface area contributed by atoms with Crippen LogP contribution in [0.3, 0.4) is 0 Å². The summed E-state index contributed by atoms with van der Waals surface area (Å²) in [5, 5.41) is 8.81. The molecule has 0 saturated carbocycles. The highest BCUT2D eigenvalue weighted by molar-refractivity contribution is 5.72. The van der Waals surface area contributed by atoms with E-state index in [-0.39, 0.29) is 18.5 Å². The van der Waals surface area contributed by atoms with Crippen LogP contribution in [0.2, 0.25) is 0 Å². The van der Waals surface area contributed by atoms with E-state index in [1.807, 2.05) is 6.92 Å². The van der Waals surface area contributed by atoms with Crippen molar-refractivity contribution in [2.45, 2.75) is 64.6 Å². The second kappa shape index (κ2) is 4.94. The Morgan fingerprint density at radius 1 is 1.35 bits per heavy atom. The molecule has 1 fully saturated rings. The highest BCUT2D eigenvalue weighted by Gasteiger charge is 2.37. The number of amides is 1. The van der Waals surface area contributed by atoms with Gasteiger partial charge in [0, 0.05) is 12.1 Å². The molecule has 98 valence electrons. The predicted octanol–water partition coefficient (Wildman–Crippen LogP) is 2.25. The van der Waals surface area contributed by atoms with Crippen LogP contribution in [0.25, 0.3) is 0 Å². The fourth-order valence-corrected chi connectivity index (χ4v) is 2.12. The van der Waals surface area contributed by atoms with Crippen molar-refractivity contribution in [3.63, 3.8) is 0 Å². The van der Waals surface area contributed by atoms with Gasteiger partial charge in [-0.3, -0.25) is 4.79 Å². The number of carboxylic acid groups (broad SMARTS) is 1. The number of carbonyl (C=O) groups is 2. The quantitative estimate of drug-likeness (QED) is 0.807. The minimum atomic E-state index is -0.877. The lowest BCUT2D eigenvalue weighted by atomic mass is 10.1. The van der Waals surface area contributed by atoms with Gasteiger partial charge in [0.25, 0.3) is 0 Å². The van der Waals surface area contributed by atoms with E-state index in [0.717, 1.165) is 12.8 Å². The van der Waals surface area contributed by atoms with Crippen molar-refractivity contribution >= 4 is 12.1 Å². The number of nitrogens with zero attached hydrogens (tertiary/aromatic N) is 1. The molecule has 17 heavy (non-hydrogen) atoms. The zero-order valence-corrected chi connectivity index (χ0v) is 10.9. The molecule has 0 unspecified atom stereocenters. The molecule has 0 aromatic heterocycles. The summed E-state index contributed by atoms with van der Waals surface area (Å²) in [5.41, 5.74) is -0.548. The molecule has 0 aromatic rings. The maximum Gasteiger partial charge on any atom is 0.410 e. The standard InChI is InChI=1S/C12H21NO4/c1-8-5-6-9(7-10(14)15)13(8)11(16)17-12(2,3)4/h8-9H,5-7H2,1-4H3,(H,14,15)/t8-,9-/m0/s1. The normalized spacial score (nSPS) is 24.8. The third-order valence-electron chi connectivity index (χ3n) is 2.80. The van der Waals surface area contributed by atoms with E-state index in [1.165, 1.54) is 0 Å². The third-order valence-corrected chi connectivity index (χ3v) is 2.80. The van der Waals surface area contributed by atoms with Crippen LogP contribution in [0.4, 0.5) is 4.79 Å². The summed E-state index contributed by atoms with van der Waals surface area (Å²) in [6.07, 6.45) is 1.14. The van der Waals surface area contributed by atoms with Crippen LogP contribution in [0, 0.1) is 0 Å². The van der Waals surface area contributed by atoms with Crippen molar-refractivity contribution in [2.24, 2.45) is 0 Å². The monoisotopic (exact) mass is 243 g/mol. The molecular formula is C12H21NO4. The van der Waals surface area contributed by atoms with Crippen LogP contribution in [-0.2, 0) is 9.53 Å². The Balaban J connectivity index is 2.70. The summed E-state index contributed by atoms with van der Waals surface area (Å²) in [7, 11) is 0. The summed E-state index contributed by atoms with van der Waals surface area (Å²) in [6.45, 7) is 7.33. The summed E-state index contributed by atoms with van der Waals surface area (Å²) >= 11 is 0. The Morgan fingerprint density at radius 2 is 1.94 bits per heavy atom. The first kappa shape index (κ1) is 13.8.